The van der Waals surface area contributed by atoms with Gasteiger partial charge in [-0.05, 0) is 61.4 Å². The molecule has 5 nitrogen and oxygen atoms in total. The number of amides is 1. The van der Waals surface area contributed by atoms with Crippen LogP contribution in [-0.2, 0) is 0 Å². The summed E-state index contributed by atoms with van der Waals surface area (Å²) in [4.78, 5) is 17.4. The van der Waals surface area contributed by atoms with Crippen LogP contribution in [0.2, 0.25) is 5.02 Å². The molecule has 150 valence electrons. The van der Waals surface area contributed by atoms with Crippen molar-refractivity contribution < 1.29 is 4.79 Å². The van der Waals surface area contributed by atoms with Gasteiger partial charge in [0.15, 0.2) is 5.82 Å². The van der Waals surface area contributed by atoms with Crippen LogP contribution in [-0.4, -0.2) is 20.7 Å². The highest BCUT2D eigenvalue weighted by Gasteiger charge is 2.20. The van der Waals surface area contributed by atoms with Crippen molar-refractivity contribution in [1.29, 1.82) is 0 Å². The van der Waals surface area contributed by atoms with Crippen LogP contribution >= 0.6 is 27.5 Å². The van der Waals surface area contributed by atoms with Gasteiger partial charge in [-0.2, -0.15) is 0 Å². The van der Waals surface area contributed by atoms with Gasteiger partial charge >= 0.3 is 0 Å². The van der Waals surface area contributed by atoms with Crippen molar-refractivity contribution in [3.8, 4) is 17.1 Å². The Kier molecular flexibility index (Phi) is 5.70. The fourth-order valence-electron chi connectivity index (χ4n) is 2.97. The second-order valence-electron chi connectivity index (χ2n) is 6.88. The molecule has 1 aromatic heterocycles. The zero-order valence-electron chi connectivity index (χ0n) is 16.4. The highest BCUT2D eigenvalue weighted by Crippen LogP contribution is 2.25. The number of hydrogen-bond donors (Lipinski definition) is 1. The average molecular weight is 482 g/mol. The first-order chi connectivity index (χ1) is 14.4. The van der Waals surface area contributed by atoms with Gasteiger partial charge in [0.1, 0.15) is 0 Å². The Balaban J connectivity index is 1.79. The highest BCUT2D eigenvalue weighted by atomic mass is 79.9. The molecule has 0 aliphatic heterocycles. The van der Waals surface area contributed by atoms with Gasteiger partial charge in [0.05, 0.1) is 16.4 Å². The van der Waals surface area contributed by atoms with Gasteiger partial charge in [0, 0.05) is 10.0 Å². The van der Waals surface area contributed by atoms with E-state index >= 15 is 0 Å². The molecule has 0 unspecified atom stereocenters. The standard InChI is InChI=1S/C23H18BrClN4O/c1-14-7-12-18(13-15(14)2)29-22(16-8-10-17(24)11-9-16)27-21(28-29)23(30)26-20-6-4-3-5-19(20)25/h3-13H,1-2H3,(H,26,30). The number of carbonyl (C=O) groups excluding carboxylic acids is 1. The van der Waals surface area contributed by atoms with Gasteiger partial charge in [-0.1, -0.05) is 57.9 Å². The number of nitrogens with zero attached hydrogens (tertiary/aromatic N) is 3. The summed E-state index contributed by atoms with van der Waals surface area (Å²) < 4.78 is 2.65. The molecule has 30 heavy (non-hydrogen) atoms. The molecular weight excluding hydrogens is 464 g/mol. The first-order valence-corrected chi connectivity index (χ1v) is 10.5. The molecule has 0 saturated carbocycles. The largest absolute Gasteiger partial charge is 0.318 e. The van der Waals surface area contributed by atoms with Gasteiger partial charge in [-0.25, -0.2) is 9.67 Å². The normalized spacial score (nSPS) is 10.8. The summed E-state index contributed by atoms with van der Waals surface area (Å²) in [5.74, 6) is 0.213. The molecule has 4 aromatic rings. The summed E-state index contributed by atoms with van der Waals surface area (Å²) in [6.07, 6.45) is 0. The molecule has 4 rings (SSSR count). The summed E-state index contributed by atoms with van der Waals surface area (Å²) >= 11 is 9.62. The Bertz CT molecular complexity index is 1230. The van der Waals surface area contributed by atoms with Crippen LogP contribution in [0, 0.1) is 13.8 Å². The molecule has 0 aliphatic rings. The van der Waals surface area contributed by atoms with Crippen molar-refractivity contribution >= 4 is 39.1 Å². The van der Waals surface area contributed by atoms with Crippen LogP contribution in [0.5, 0.6) is 0 Å². The number of hydrogen-bond acceptors (Lipinski definition) is 3. The summed E-state index contributed by atoms with van der Waals surface area (Å²) in [7, 11) is 0. The minimum absolute atomic E-state index is 0.0612. The van der Waals surface area contributed by atoms with Gasteiger partial charge in [0.2, 0.25) is 5.82 Å². The zero-order valence-corrected chi connectivity index (χ0v) is 18.7. The quantitative estimate of drug-likeness (QED) is 0.376. The minimum Gasteiger partial charge on any atom is -0.318 e. The fraction of sp³-hybridized carbons (Fsp3) is 0.0870. The van der Waals surface area contributed by atoms with E-state index in [1.807, 2.05) is 49.4 Å². The number of benzene rings is 3. The number of para-hydroxylation sites is 1. The van der Waals surface area contributed by atoms with E-state index in [-0.39, 0.29) is 5.82 Å². The maximum atomic E-state index is 12.9. The smallest absolute Gasteiger partial charge is 0.295 e. The molecule has 3 aromatic carbocycles. The zero-order chi connectivity index (χ0) is 21.3. The van der Waals surface area contributed by atoms with Crippen molar-refractivity contribution in [2.75, 3.05) is 5.32 Å². The van der Waals surface area contributed by atoms with E-state index < -0.39 is 5.91 Å². The Morgan fingerprint density at radius 1 is 1.00 bits per heavy atom. The van der Waals surface area contributed by atoms with E-state index in [0.29, 0.717) is 16.5 Å². The molecule has 1 heterocycles. The van der Waals surface area contributed by atoms with Crippen LogP contribution in [0.3, 0.4) is 0 Å². The lowest BCUT2D eigenvalue weighted by molar-refractivity contribution is 0.101. The van der Waals surface area contributed by atoms with Crippen LogP contribution < -0.4 is 5.32 Å². The van der Waals surface area contributed by atoms with Gasteiger partial charge in [-0.3, -0.25) is 4.79 Å². The summed E-state index contributed by atoms with van der Waals surface area (Å²) in [5.41, 5.74) is 4.51. The fourth-order valence-corrected chi connectivity index (χ4v) is 3.42. The Morgan fingerprint density at radius 2 is 1.73 bits per heavy atom. The first-order valence-electron chi connectivity index (χ1n) is 9.29. The van der Waals surface area contributed by atoms with Crippen LogP contribution in [0.25, 0.3) is 17.1 Å². The molecule has 0 spiro atoms. The van der Waals surface area contributed by atoms with Crippen LogP contribution in [0.15, 0.2) is 71.2 Å². The van der Waals surface area contributed by atoms with Crippen molar-refractivity contribution in [2.24, 2.45) is 0 Å². The number of rotatable bonds is 4. The second kappa shape index (κ2) is 8.42. The number of aromatic nitrogens is 3. The Morgan fingerprint density at radius 3 is 2.43 bits per heavy atom. The lowest BCUT2D eigenvalue weighted by Crippen LogP contribution is -2.14. The van der Waals surface area contributed by atoms with E-state index in [1.54, 1.807) is 28.9 Å². The predicted octanol–water partition coefficient (Wildman–Crippen LogP) is 6.22. The molecule has 1 N–H and O–H groups in total. The lowest BCUT2D eigenvalue weighted by Gasteiger charge is -2.08. The van der Waals surface area contributed by atoms with E-state index in [0.717, 1.165) is 21.3 Å². The number of aryl methyl sites for hydroxylation is 2. The van der Waals surface area contributed by atoms with E-state index in [4.69, 9.17) is 11.6 Å². The minimum atomic E-state index is -0.427. The monoisotopic (exact) mass is 480 g/mol. The maximum absolute atomic E-state index is 12.9. The summed E-state index contributed by atoms with van der Waals surface area (Å²) in [6, 6.07) is 20.8. The van der Waals surface area contributed by atoms with Crippen molar-refractivity contribution in [1.82, 2.24) is 14.8 Å². The van der Waals surface area contributed by atoms with E-state index in [9.17, 15) is 4.79 Å². The van der Waals surface area contributed by atoms with Crippen molar-refractivity contribution in [3.05, 3.63) is 93.2 Å². The third-order valence-corrected chi connectivity index (χ3v) is 5.63. The van der Waals surface area contributed by atoms with Crippen LogP contribution in [0.4, 0.5) is 5.69 Å². The van der Waals surface area contributed by atoms with Crippen LogP contribution in [0.1, 0.15) is 21.7 Å². The molecule has 1 amide bonds. The molecule has 0 saturated heterocycles. The number of nitrogens with one attached hydrogen (secondary N) is 1. The number of halogens is 2. The third-order valence-electron chi connectivity index (χ3n) is 4.77. The topological polar surface area (TPSA) is 59.8 Å². The molecular formula is C23H18BrClN4O. The average Bonchev–Trinajstić information content (AvgIpc) is 3.18. The summed E-state index contributed by atoms with van der Waals surface area (Å²) in [5, 5.41) is 7.75. The summed E-state index contributed by atoms with van der Waals surface area (Å²) in [6.45, 7) is 4.10. The van der Waals surface area contributed by atoms with E-state index in [1.165, 1.54) is 5.56 Å². The lowest BCUT2D eigenvalue weighted by atomic mass is 10.1. The molecule has 0 fully saturated rings. The SMILES string of the molecule is Cc1ccc(-n2nc(C(=O)Nc3ccccc3Cl)nc2-c2ccc(Br)cc2)cc1C. The Labute approximate surface area is 187 Å². The molecule has 0 bridgehead atoms. The molecule has 7 heteroatoms. The number of anilines is 1. The second-order valence-corrected chi connectivity index (χ2v) is 8.20. The predicted molar refractivity (Wildman–Crippen MR) is 123 cm³/mol. The first kappa shape index (κ1) is 20.3. The highest BCUT2D eigenvalue weighted by molar-refractivity contribution is 9.10. The molecule has 0 radical (unpaired) electrons. The van der Waals surface area contributed by atoms with Gasteiger partial charge in [0.25, 0.3) is 5.91 Å². The van der Waals surface area contributed by atoms with Crippen molar-refractivity contribution in [2.45, 2.75) is 13.8 Å². The van der Waals surface area contributed by atoms with Crippen molar-refractivity contribution in [3.63, 3.8) is 0 Å². The number of carbonyl (C=O) groups is 1. The van der Waals surface area contributed by atoms with E-state index in [2.05, 4.69) is 38.3 Å². The third kappa shape index (κ3) is 4.15. The van der Waals surface area contributed by atoms with Gasteiger partial charge < -0.3 is 5.32 Å². The molecule has 0 atom stereocenters. The Hall–Kier alpha value is -2.96. The molecule has 0 aliphatic carbocycles. The van der Waals surface area contributed by atoms with Gasteiger partial charge in [-0.15, -0.1) is 5.10 Å². The maximum Gasteiger partial charge on any atom is 0.295 e.